The summed E-state index contributed by atoms with van der Waals surface area (Å²) in [5, 5.41) is 0. The number of amides is 1. The summed E-state index contributed by atoms with van der Waals surface area (Å²) in [5.41, 5.74) is 1.29. The lowest BCUT2D eigenvalue weighted by atomic mass is 10.1. The molecule has 1 aliphatic rings. The van der Waals surface area contributed by atoms with Crippen LogP contribution in [-0.4, -0.2) is 66.8 Å². The zero-order valence-corrected chi connectivity index (χ0v) is 17.9. The number of carbonyl (C=O) groups is 1. The van der Waals surface area contributed by atoms with Gasteiger partial charge in [-0.05, 0) is 51.0 Å². The van der Waals surface area contributed by atoms with Crippen LogP contribution in [0, 0.1) is 13.8 Å². The third-order valence-electron chi connectivity index (χ3n) is 4.78. The van der Waals surface area contributed by atoms with Gasteiger partial charge in [0.1, 0.15) is 11.9 Å². The SMILES string of the molecule is Cc1cc(OC2CCCN(C(=O)c3ccc(S(=O)(=O)N(C)C)cc3)C2)nc(C)n1. The zero-order chi connectivity index (χ0) is 21.2. The minimum Gasteiger partial charge on any atom is -0.472 e. The summed E-state index contributed by atoms with van der Waals surface area (Å²) in [6, 6.07) is 7.83. The predicted molar refractivity (Wildman–Crippen MR) is 108 cm³/mol. The molecule has 156 valence electrons. The summed E-state index contributed by atoms with van der Waals surface area (Å²) in [4.78, 5) is 23.3. The summed E-state index contributed by atoms with van der Waals surface area (Å²) in [5.74, 6) is 1.03. The Morgan fingerprint density at radius 2 is 1.86 bits per heavy atom. The van der Waals surface area contributed by atoms with Crippen molar-refractivity contribution in [3.63, 3.8) is 0 Å². The molecule has 2 aromatic rings. The fraction of sp³-hybridized carbons (Fsp3) is 0.450. The zero-order valence-electron chi connectivity index (χ0n) is 17.1. The molecule has 1 aromatic carbocycles. The molecule has 0 N–H and O–H groups in total. The number of sulfonamides is 1. The summed E-state index contributed by atoms with van der Waals surface area (Å²) in [6.07, 6.45) is 1.52. The van der Waals surface area contributed by atoms with Gasteiger partial charge in [-0.3, -0.25) is 4.79 Å². The van der Waals surface area contributed by atoms with E-state index in [9.17, 15) is 13.2 Å². The average molecular weight is 419 g/mol. The van der Waals surface area contributed by atoms with Gasteiger partial charge >= 0.3 is 0 Å². The number of aryl methyl sites for hydroxylation is 2. The van der Waals surface area contributed by atoms with Crippen molar-refractivity contribution in [2.24, 2.45) is 0 Å². The Morgan fingerprint density at radius 1 is 1.17 bits per heavy atom. The lowest BCUT2D eigenvalue weighted by molar-refractivity contribution is 0.0526. The maximum absolute atomic E-state index is 12.9. The Hall–Kier alpha value is -2.52. The third-order valence-corrected chi connectivity index (χ3v) is 6.60. The second-order valence-corrected chi connectivity index (χ2v) is 9.49. The molecule has 2 heterocycles. The molecule has 3 rings (SSSR count). The Labute approximate surface area is 171 Å². The normalized spacial score (nSPS) is 17.4. The Balaban J connectivity index is 1.69. The third kappa shape index (κ3) is 4.91. The topological polar surface area (TPSA) is 92.7 Å². The van der Waals surface area contributed by atoms with Gasteiger partial charge in [-0.1, -0.05) is 0 Å². The van der Waals surface area contributed by atoms with Gasteiger partial charge in [0.15, 0.2) is 0 Å². The minimum atomic E-state index is -3.52. The Bertz CT molecular complexity index is 970. The lowest BCUT2D eigenvalue weighted by Gasteiger charge is -2.32. The van der Waals surface area contributed by atoms with Crippen molar-refractivity contribution in [3.05, 3.63) is 47.4 Å². The molecule has 1 unspecified atom stereocenters. The highest BCUT2D eigenvalue weighted by molar-refractivity contribution is 7.89. The van der Waals surface area contributed by atoms with Crippen molar-refractivity contribution in [1.29, 1.82) is 0 Å². The molecule has 0 saturated carbocycles. The van der Waals surface area contributed by atoms with Gasteiger partial charge < -0.3 is 9.64 Å². The van der Waals surface area contributed by atoms with Crippen molar-refractivity contribution in [2.75, 3.05) is 27.2 Å². The number of ether oxygens (including phenoxy) is 1. The van der Waals surface area contributed by atoms with E-state index in [1.165, 1.54) is 26.2 Å². The van der Waals surface area contributed by atoms with Crippen LogP contribution in [0.2, 0.25) is 0 Å². The van der Waals surface area contributed by atoms with Gasteiger partial charge in [-0.25, -0.2) is 17.7 Å². The van der Waals surface area contributed by atoms with Gasteiger partial charge in [0.25, 0.3) is 5.91 Å². The van der Waals surface area contributed by atoms with Crippen molar-refractivity contribution < 1.29 is 17.9 Å². The van der Waals surface area contributed by atoms with Crippen LogP contribution in [0.5, 0.6) is 5.88 Å². The van der Waals surface area contributed by atoms with Crippen LogP contribution >= 0.6 is 0 Å². The summed E-state index contributed by atoms with van der Waals surface area (Å²) >= 11 is 0. The molecule has 1 aliphatic heterocycles. The Morgan fingerprint density at radius 3 is 2.48 bits per heavy atom. The molecular formula is C20H26N4O4S. The lowest BCUT2D eigenvalue weighted by Crippen LogP contribution is -2.44. The van der Waals surface area contributed by atoms with E-state index < -0.39 is 10.0 Å². The number of rotatable bonds is 5. The number of aromatic nitrogens is 2. The molecule has 29 heavy (non-hydrogen) atoms. The molecule has 1 saturated heterocycles. The van der Waals surface area contributed by atoms with Crippen LogP contribution in [0.3, 0.4) is 0 Å². The Kier molecular flexibility index (Phi) is 6.18. The molecule has 0 spiro atoms. The number of benzene rings is 1. The number of carbonyl (C=O) groups excluding carboxylic acids is 1. The van der Waals surface area contributed by atoms with Crippen LogP contribution in [0.25, 0.3) is 0 Å². The van der Waals surface area contributed by atoms with E-state index in [0.29, 0.717) is 30.4 Å². The molecular weight excluding hydrogens is 392 g/mol. The van der Waals surface area contributed by atoms with Gasteiger partial charge in [-0.2, -0.15) is 4.98 Å². The van der Waals surface area contributed by atoms with Crippen molar-refractivity contribution in [2.45, 2.75) is 37.7 Å². The van der Waals surface area contributed by atoms with Crippen molar-refractivity contribution in [3.8, 4) is 5.88 Å². The van der Waals surface area contributed by atoms with Crippen molar-refractivity contribution in [1.82, 2.24) is 19.2 Å². The highest BCUT2D eigenvalue weighted by atomic mass is 32.2. The standard InChI is InChI=1S/C20H26N4O4S/c1-14-12-19(22-15(2)21-14)28-17-6-5-11-24(13-17)20(25)16-7-9-18(10-8-16)29(26,27)23(3)4/h7-10,12,17H,5-6,11,13H2,1-4H3. The van der Waals surface area contributed by atoms with E-state index in [-0.39, 0.29) is 16.9 Å². The molecule has 1 amide bonds. The monoisotopic (exact) mass is 418 g/mol. The van der Waals surface area contributed by atoms with Gasteiger partial charge in [0, 0.05) is 38.0 Å². The minimum absolute atomic E-state index is 0.137. The fourth-order valence-corrected chi connectivity index (χ4v) is 4.20. The number of hydrogen-bond acceptors (Lipinski definition) is 6. The van der Waals surface area contributed by atoms with E-state index in [4.69, 9.17) is 4.74 Å². The fourth-order valence-electron chi connectivity index (χ4n) is 3.30. The number of likely N-dealkylation sites (tertiary alicyclic amines) is 1. The maximum atomic E-state index is 12.9. The van der Waals surface area contributed by atoms with Gasteiger partial charge in [0.05, 0.1) is 11.4 Å². The first-order chi connectivity index (χ1) is 13.7. The number of nitrogens with zero attached hydrogens (tertiary/aromatic N) is 4. The van der Waals surface area contributed by atoms with E-state index in [0.717, 1.165) is 22.8 Å². The molecule has 0 bridgehead atoms. The molecule has 9 heteroatoms. The van der Waals surface area contributed by atoms with Gasteiger partial charge in [0.2, 0.25) is 15.9 Å². The van der Waals surface area contributed by atoms with Crippen LogP contribution in [0.1, 0.15) is 34.7 Å². The van der Waals surface area contributed by atoms with E-state index in [2.05, 4.69) is 9.97 Å². The molecule has 1 atom stereocenters. The predicted octanol–water partition coefficient (Wildman–Crippen LogP) is 2.03. The first-order valence-corrected chi connectivity index (χ1v) is 10.9. The summed E-state index contributed by atoms with van der Waals surface area (Å²) < 4.78 is 31.5. The molecule has 1 aromatic heterocycles. The van der Waals surface area contributed by atoms with Crippen LogP contribution in [0.15, 0.2) is 35.2 Å². The van der Waals surface area contributed by atoms with E-state index >= 15 is 0 Å². The second-order valence-electron chi connectivity index (χ2n) is 7.34. The summed E-state index contributed by atoms with van der Waals surface area (Å²) in [7, 11) is -0.568. The first-order valence-electron chi connectivity index (χ1n) is 9.47. The van der Waals surface area contributed by atoms with E-state index in [1.807, 2.05) is 13.8 Å². The molecule has 0 radical (unpaired) electrons. The van der Waals surface area contributed by atoms with E-state index in [1.54, 1.807) is 23.1 Å². The second kappa shape index (κ2) is 8.46. The number of piperidine rings is 1. The molecule has 8 nitrogen and oxygen atoms in total. The molecule has 0 aliphatic carbocycles. The average Bonchev–Trinajstić information content (AvgIpc) is 2.67. The molecule has 1 fully saturated rings. The first kappa shape index (κ1) is 21.2. The van der Waals surface area contributed by atoms with Crippen molar-refractivity contribution >= 4 is 15.9 Å². The smallest absolute Gasteiger partial charge is 0.253 e. The number of hydrogen-bond donors (Lipinski definition) is 0. The quantitative estimate of drug-likeness (QED) is 0.738. The van der Waals surface area contributed by atoms with Gasteiger partial charge in [-0.15, -0.1) is 0 Å². The highest BCUT2D eigenvalue weighted by Crippen LogP contribution is 2.20. The highest BCUT2D eigenvalue weighted by Gasteiger charge is 2.26. The largest absolute Gasteiger partial charge is 0.472 e. The van der Waals surface area contributed by atoms with Crippen LogP contribution < -0.4 is 4.74 Å². The van der Waals surface area contributed by atoms with Crippen LogP contribution in [-0.2, 0) is 10.0 Å². The summed E-state index contributed by atoms with van der Waals surface area (Å²) in [6.45, 7) is 4.80. The maximum Gasteiger partial charge on any atom is 0.253 e. The van der Waals surface area contributed by atoms with Crippen LogP contribution in [0.4, 0.5) is 0 Å².